The van der Waals surface area contributed by atoms with Gasteiger partial charge in [-0.1, -0.05) is 38.2 Å². The number of nitrogens with zero attached hydrogens (tertiary/aromatic N) is 2. The van der Waals surface area contributed by atoms with E-state index < -0.39 is 10.0 Å². The molecule has 26 heavy (non-hydrogen) atoms. The number of amides is 1. The molecule has 138 valence electrons. The Hall–Kier alpha value is -2.22. The zero-order valence-electron chi connectivity index (χ0n) is 14.3. The van der Waals surface area contributed by atoms with E-state index in [1.165, 1.54) is 37.8 Å². The summed E-state index contributed by atoms with van der Waals surface area (Å²) in [6, 6.07) is 6.13. The third-order valence-electron chi connectivity index (χ3n) is 5.42. The van der Waals surface area contributed by atoms with Crippen molar-refractivity contribution in [2.45, 2.75) is 43.4 Å². The van der Waals surface area contributed by atoms with E-state index in [0.29, 0.717) is 17.4 Å². The van der Waals surface area contributed by atoms with Gasteiger partial charge in [0.15, 0.2) is 0 Å². The second-order valence-electron chi connectivity index (χ2n) is 7.15. The van der Waals surface area contributed by atoms with E-state index in [2.05, 4.69) is 14.9 Å². The number of aromatic nitrogens is 2. The summed E-state index contributed by atoms with van der Waals surface area (Å²) >= 11 is 0. The molecule has 1 aromatic carbocycles. The molecule has 2 atom stereocenters. The SMILES string of the molecule is O=C(NS(=O)(=O)c1cccc(-c2nnco2)c1)[C@@H]1C[C@@H]1C1CCCCC1. The topological polar surface area (TPSA) is 102 Å². The van der Waals surface area contributed by atoms with Crippen molar-refractivity contribution >= 4 is 15.9 Å². The molecular formula is C18H21N3O4S. The third-order valence-corrected chi connectivity index (χ3v) is 6.76. The Morgan fingerprint density at radius 1 is 1.19 bits per heavy atom. The van der Waals surface area contributed by atoms with Crippen LogP contribution in [0, 0.1) is 17.8 Å². The highest BCUT2D eigenvalue weighted by atomic mass is 32.2. The van der Waals surface area contributed by atoms with Gasteiger partial charge in [-0.05, 0) is 36.5 Å². The molecular weight excluding hydrogens is 354 g/mol. The number of carbonyl (C=O) groups excluding carboxylic acids is 1. The molecule has 0 unspecified atom stereocenters. The van der Waals surface area contributed by atoms with Gasteiger partial charge in [0, 0.05) is 11.5 Å². The zero-order valence-corrected chi connectivity index (χ0v) is 15.1. The van der Waals surface area contributed by atoms with Crippen LogP contribution in [0.2, 0.25) is 0 Å². The van der Waals surface area contributed by atoms with Crippen LogP contribution in [0.25, 0.3) is 11.5 Å². The van der Waals surface area contributed by atoms with Gasteiger partial charge >= 0.3 is 0 Å². The lowest BCUT2D eigenvalue weighted by Gasteiger charge is -2.21. The predicted octanol–water partition coefficient (Wildman–Crippen LogP) is 2.76. The molecule has 2 aromatic rings. The van der Waals surface area contributed by atoms with Crippen LogP contribution in [0.4, 0.5) is 0 Å². The maximum atomic E-state index is 12.6. The summed E-state index contributed by atoms with van der Waals surface area (Å²) in [6.45, 7) is 0. The van der Waals surface area contributed by atoms with Crippen LogP contribution in [-0.4, -0.2) is 24.5 Å². The van der Waals surface area contributed by atoms with E-state index in [0.717, 1.165) is 19.3 Å². The maximum Gasteiger partial charge on any atom is 0.264 e. The van der Waals surface area contributed by atoms with Crippen LogP contribution < -0.4 is 4.72 Å². The minimum atomic E-state index is -3.92. The molecule has 2 fully saturated rings. The molecule has 0 spiro atoms. The van der Waals surface area contributed by atoms with E-state index in [-0.39, 0.29) is 22.6 Å². The quantitative estimate of drug-likeness (QED) is 0.862. The van der Waals surface area contributed by atoms with Crippen molar-refractivity contribution in [3.05, 3.63) is 30.7 Å². The van der Waals surface area contributed by atoms with Crippen LogP contribution in [-0.2, 0) is 14.8 Å². The number of carbonyl (C=O) groups is 1. The van der Waals surface area contributed by atoms with Gasteiger partial charge in [-0.25, -0.2) is 13.1 Å². The molecule has 2 saturated carbocycles. The van der Waals surface area contributed by atoms with Gasteiger partial charge in [-0.3, -0.25) is 4.79 Å². The molecule has 1 N–H and O–H groups in total. The Morgan fingerprint density at radius 2 is 2.00 bits per heavy atom. The van der Waals surface area contributed by atoms with E-state index >= 15 is 0 Å². The van der Waals surface area contributed by atoms with Crippen LogP contribution >= 0.6 is 0 Å². The predicted molar refractivity (Wildman–Crippen MR) is 93.2 cm³/mol. The maximum absolute atomic E-state index is 12.6. The van der Waals surface area contributed by atoms with Crippen molar-refractivity contribution in [2.24, 2.45) is 17.8 Å². The van der Waals surface area contributed by atoms with Crippen LogP contribution in [0.1, 0.15) is 38.5 Å². The summed E-state index contributed by atoms with van der Waals surface area (Å²) in [5.41, 5.74) is 0.490. The number of rotatable bonds is 5. The lowest BCUT2D eigenvalue weighted by molar-refractivity contribution is -0.121. The van der Waals surface area contributed by atoms with Crippen LogP contribution in [0.3, 0.4) is 0 Å². The first-order chi connectivity index (χ1) is 12.5. The summed E-state index contributed by atoms with van der Waals surface area (Å²) in [7, 11) is -3.92. The standard InChI is InChI=1S/C18H21N3O4S/c22-17(16-10-15(16)12-5-2-1-3-6-12)21-26(23,24)14-8-4-7-13(9-14)18-20-19-11-25-18/h4,7-9,11-12,15-16H,1-3,5-6,10H2,(H,21,22)/t15-,16-/m1/s1. The van der Waals surface area contributed by atoms with Gasteiger partial charge in [-0.15, -0.1) is 10.2 Å². The molecule has 0 radical (unpaired) electrons. The molecule has 1 amide bonds. The summed E-state index contributed by atoms with van der Waals surface area (Å²) in [5.74, 6) is 0.585. The van der Waals surface area contributed by atoms with Crippen molar-refractivity contribution in [2.75, 3.05) is 0 Å². The first-order valence-electron chi connectivity index (χ1n) is 8.98. The average Bonchev–Trinajstić information content (AvgIpc) is 3.28. The van der Waals surface area contributed by atoms with Gasteiger partial charge in [0.1, 0.15) is 0 Å². The number of sulfonamides is 1. The Bertz CT molecular complexity index is 889. The molecule has 2 aliphatic carbocycles. The van der Waals surface area contributed by atoms with Crippen molar-refractivity contribution in [3.63, 3.8) is 0 Å². The summed E-state index contributed by atoms with van der Waals surface area (Å²) in [5, 5.41) is 7.36. The Labute approximate surface area is 152 Å². The summed E-state index contributed by atoms with van der Waals surface area (Å²) in [6.07, 6.45) is 8.00. The minimum Gasteiger partial charge on any atom is -0.423 e. The highest BCUT2D eigenvalue weighted by molar-refractivity contribution is 7.90. The van der Waals surface area contributed by atoms with Gasteiger partial charge in [0.25, 0.3) is 10.0 Å². The molecule has 8 heteroatoms. The van der Waals surface area contributed by atoms with Gasteiger partial charge < -0.3 is 4.42 Å². The monoisotopic (exact) mass is 375 g/mol. The van der Waals surface area contributed by atoms with E-state index in [4.69, 9.17) is 4.42 Å². The molecule has 2 aliphatic rings. The second kappa shape index (κ2) is 6.83. The fraction of sp³-hybridized carbons (Fsp3) is 0.500. The summed E-state index contributed by atoms with van der Waals surface area (Å²) < 4.78 is 32.5. The second-order valence-corrected chi connectivity index (χ2v) is 8.83. The lowest BCUT2D eigenvalue weighted by atomic mass is 9.85. The Morgan fingerprint density at radius 3 is 2.73 bits per heavy atom. The molecule has 0 bridgehead atoms. The largest absolute Gasteiger partial charge is 0.423 e. The first-order valence-corrected chi connectivity index (χ1v) is 10.5. The molecule has 7 nitrogen and oxygen atoms in total. The van der Waals surface area contributed by atoms with Crippen molar-refractivity contribution in [3.8, 4) is 11.5 Å². The Balaban J connectivity index is 1.44. The Kier molecular flexibility index (Phi) is 4.52. The smallest absolute Gasteiger partial charge is 0.264 e. The fourth-order valence-corrected chi connectivity index (χ4v) is 5.04. The van der Waals surface area contributed by atoms with Crippen molar-refractivity contribution in [1.82, 2.24) is 14.9 Å². The fourth-order valence-electron chi connectivity index (χ4n) is 3.96. The summed E-state index contributed by atoms with van der Waals surface area (Å²) in [4.78, 5) is 12.4. The van der Waals surface area contributed by atoms with Crippen LogP contribution in [0.5, 0.6) is 0 Å². The molecule has 0 saturated heterocycles. The van der Waals surface area contributed by atoms with E-state index in [1.807, 2.05) is 0 Å². The number of benzene rings is 1. The van der Waals surface area contributed by atoms with Crippen molar-refractivity contribution in [1.29, 1.82) is 0 Å². The first kappa shape index (κ1) is 17.2. The highest BCUT2D eigenvalue weighted by Crippen LogP contribution is 2.49. The molecule has 1 heterocycles. The van der Waals surface area contributed by atoms with Crippen LogP contribution in [0.15, 0.2) is 40.0 Å². The highest BCUT2D eigenvalue weighted by Gasteiger charge is 2.48. The van der Waals surface area contributed by atoms with Gasteiger partial charge in [0.2, 0.25) is 18.2 Å². The molecule has 0 aliphatic heterocycles. The molecule has 4 rings (SSSR count). The average molecular weight is 375 g/mol. The zero-order chi connectivity index (χ0) is 18.1. The number of hydrogen-bond donors (Lipinski definition) is 1. The van der Waals surface area contributed by atoms with Crippen molar-refractivity contribution < 1.29 is 17.6 Å². The van der Waals surface area contributed by atoms with Gasteiger partial charge in [0.05, 0.1) is 4.90 Å². The third kappa shape index (κ3) is 3.51. The molecule has 1 aromatic heterocycles. The normalized spacial score (nSPS) is 23.5. The van der Waals surface area contributed by atoms with E-state index in [9.17, 15) is 13.2 Å². The minimum absolute atomic E-state index is 0.0106. The lowest BCUT2D eigenvalue weighted by Crippen LogP contribution is -2.32. The van der Waals surface area contributed by atoms with Gasteiger partial charge in [-0.2, -0.15) is 0 Å². The number of hydrogen-bond acceptors (Lipinski definition) is 6. The van der Waals surface area contributed by atoms with E-state index in [1.54, 1.807) is 12.1 Å². The number of nitrogens with one attached hydrogen (secondary N) is 1.